The van der Waals surface area contributed by atoms with Crippen molar-refractivity contribution in [2.24, 2.45) is 0 Å². The number of anilines is 1. The summed E-state index contributed by atoms with van der Waals surface area (Å²) in [5, 5.41) is 2.81. The number of carbonyl (C=O) groups excluding carboxylic acids is 2. The Kier molecular flexibility index (Phi) is 7.89. The lowest BCUT2D eigenvalue weighted by Gasteiger charge is -2.25. The number of hydrogen-bond donors (Lipinski definition) is 1. The topological polar surface area (TPSA) is 83.5 Å². The van der Waals surface area contributed by atoms with E-state index in [4.69, 9.17) is 0 Å². The Morgan fingerprint density at radius 1 is 0.912 bits per heavy atom. The van der Waals surface area contributed by atoms with Gasteiger partial charge in [-0.2, -0.15) is 0 Å². The second-order valence-electron chi connectivity index (χ2n) is 8.35. The molecule has 0 aliphatic carbocycles. The third kappa shape index (κ3) is 6.11. The molecule has 0 aliphatic heterocycles. The minimum Gasteiger partial charge on any atom is -0.335 e. The lowest BCUT2D eigenvalue weighted by atomic mass is 10.0. The molecule has 7 heteroatoms. The first-order valence-corrected chi connectivity index (χ1v) is 12.8. The maximum atomic E-state index is 12.9. The van der Waals surface area contributed by atoms with Gasteiger partial charge in [0.05, 0.1) is 23.1 Å². The van der Waals surface area contributed by atoms with Gasteiger partial charge in [-0.15, -0.1) is 0 Å². The molecule has 3 rings (SSSR count). The normalized spacial score (nSPS) is 12.1. The van der Waals surface area contributed by atoms with Crippen LogP contribution in [0.3, 0.4) is 0 Å². The lowest BCUT2D eigenvalue weighted by molar-refractivity contribution is -0.115. The largest absolute Gasteiger partial charge is 0.335 e. The third-order valence-electron chi connectivity index (χ3n) is 5.90. The van der Waals surface area contributed by atoms with Crippen molar-refractivity contribution in [3.05, 3.63) is 95.1 Å². The summed E-state index contributed by atoms with van der Waals surface area (Å²) in [6, 6.07) is 21.2. The first-order valence-electron chi connectivity index (χ1n) is 11.2. The molecule has 1 N–H and O–H groups in total. The molecule has 0 aliphatic rings. The Labute approximate surface area is 201 Å². The van der Waals surface area contributed by atoms with Gasteiger partial charge < -0.3 is 10.2 Å². The van der Waals surface area contributed by atoms with Gasteiger partial charge in [-0.05, 0) is 61.4 Å². The smallest absolute Gasteiger partial charge is 0.254 e. The van der Waals surface area contributed by atoms with E-state index in [1.807, 2.05) is 38.1 Å². The highest BCUT2D eigenvalue weighted by Crippen LogP contribution is 2.22. The van der Waals surface area contributed by atoms with Crippen molar-refractivity contribution in [3.63, 3.8) is 0 Å². The van der Waals surface area contributed by atoms with Crippen LogP contribution in [-0.2, 0) is 21.1 Å². The molecule has 0 saturated carbocycles. The SMILES string of the molecule is CCS(=O)(=O)c1ccc(CC(=O)Nc2ccc(C(=O)N(C)[C@H](C)c3ccc(C)cc3)cc2)cc1. The number of amides is 2. The van der Waals surface area contributed by atoms with Crippen LogP contribution in [0.1, 0.15) is 46.9 Å². The summed E-state index contributed by atoms with van der Waals surface area (Å²) in [5.41, 5.74) is 4.06. The molecular weight excluding hydrogens is 448 g/mol. The van der Waals surface area contributed by atoms with Crippen LogP contribution in [0, 0.1) is 6.92 Å². The quantitative estimate of drug-likeness (QED) is 0.504. The summed E-state index contributed by atoms with van der Waals surface area (Å²) >= 11 is 0. The van der Waals surface area contributed by atoms with Crippen molar-refractivity contribution >= 4 is 27.3 Å². The third-order valence-corrected chi connectivity index (χ3v) is 7.65. The number of rotatable bonds is 8. The molecule has 1 atom stereocenters. The van der Waals surface area contributed by atoms with Gasteiger partial charge in [0.15, 0.2) is 9.84 Å². The number of aryl methyl sites for hydroxylation is 1. The lowest BCUT2D eigenvalue weighted by Crippen LogP contribution is -2.29. The van der Waals surface area contributed by atoms with Crippen LogP contribution >= 0.6 is 0 Å². The monoisotopic (exact) mass is 478 g/mol. The van der Waals surface area contributed by atoms with Crippen LogP contribution in [0.15, 0.2) is 77.7 Å². The Balaban J connectivity index is 1.60. The van der Waals surface area contributed by atoms with Crippen molar-refractivity contribution in [1.82, 2.24) is 4.90 Å². The fraction of sp³-hybridized carbons (Fsp3) is 0.259. The number of carbonyl (C=O) groups is 2. The molecule has 3 aromatic carbocycles. The van der Waals surface area contributed by atoms with Crippen LogP contribution in [-0.4, -0.2) is 37.9 Å². The van der Waals surface area contributed by atoms with E-state index in [-0.39, 0.29) is 34.9 Å². The molecule has 0 spiro atoms. The van der Waals surface area contributed by atoms with Crippen LogP contribution in [0.25, 0.3) is 0 Å². The zero-order valence-corrected chi connectivity index (χ0v) is 20.7. The number of nitrogens with one attached hydrogen (secondary N) is 1. The molecule has 3 aromatic rings. The predicted octanol–water partition coefficient (Wildman–Crippen LogP) is 4.80. The van der Waals surface area contributed by atoms with Gasteiger partial charge in [0.2, 0.25) is 5.91 Å². The first kappa shape index (κ1) is 25.2. The van der Waals surface area contributed by atoms with Gasteiger partial charge in [-0.1, -0.05) is 48.9 Å². The standard InChI is InChI=1S/C27H30N2O4S/c1-5-34(32,33)25-16-8-21(9-17-25)18-26(30)28-24-14-12-23(13-15-24)27(31)29(4)20(3)22-10-6-19(2)7-11-22/h6-17,20H,5,18H2,1-4H3,(H,28,30)/t20-/m1/s1. The summed E-state index contributed by atoms with van der Waals surface area (Å²) in [7, 11) is -1.49. The van der Waals surface area contributed by atoms with E-state index < -0.39 is 9.84 Å². The molecule has 34 heavy (non-hydrogen) atoms. The number of nitrogens with zero attached hydrogens (tertiary/aromatic N) is 1. The Bertz CT molecular complexity index is 1250. The Morgan fingerprint density at radius 2 is 1.50 bits per heavy atom. The number of sulfone groups is 1. The van der Waals surface area contributed by atoms with Gasteiger partial charge in [0, 0.05) is 18.3 Å². The molecular formula is C27H30N2O4S. The second kappa shape index (κ2) is 10.7. The predicted molar refractivity (Wildman–Crippen MR) is 135 cm³/mol. The van der Waals surface area contributed by atoms with Crippen LogP contribution in [0.2, 0.25) is 0 Å². The summed E-state index contributed by atoms with van der Waals surface area (Å²) in [6.07, 6.45) is 0.115. The van der Waals surface area contributed by atoms with Gasteiger partial charge in [0.1, 0.15) is 0 Å². The van der Waals surface area contributed by atoms with Crippen LogP contribution < -0.4 is 5.32 Å². The number of hydrogen-bond acceptors (Lipinski definition) is 4. The molecule has 6 nitrogen and oxygen atoms in total. The van der Waals surface area contributed by atoms with Crippen LogP contribution in [0.5, 0.6) is 0 Å². The summed E-state index contributed by atoms with van der Waals surface area (Å²) < 4.78 is 23.8. The van der Waals surface area contributed by atoms with Crippen molar-refractivity contribution in [2.75, 3.05) is 18.1 Å². The summed E-state index contributed by atoms with van der Waals surface area (Å²) in [6.45, 7) is 5.61. The zero-order valence-electron chi connectivity index (χ0n) is 19.9. The van der Waals surface area contributed by atoms with E-state index in [1.165, 1.54) is 17.7 Å². The maximum Gasteiger partial charge on any atom is 0.254 e. The highest BCUT2D eigenvalue weighted by Gasteiger charge is 2.19. The highest BCUT2D eigenvalue weighted by molar-refractivity contribution is 7.91. The van der Waals surface area contributed by atoms with Crippen LogP contribution in [0.4, 0.5) is 5.69 Å². The summed E-state index contributed by atoms with van der Waals surface area (Å²) in [4.78, 5) is 27.3. The van der Waals surface area contributed by atoms with Crippen molar-refractivity contribution in [1.29, 1.82) is 0 Å². The van der Waals surface area contributed by atoms with Gasteiger partial charge >= 0.3 is 0 Å². The Morgan fingerprint density at radius 3 is 2.06 bits per heavy atom. The van der Waals surface area contributed by atoms with E-state index in [9.17, 15) is 18.0 Å². The van der Waals surface area contributed by atoms with Gasteiger partial charge in [-0.25, -0.2) is 8.42 Å². The Hall–Kier alpha value is -3.45. The minimum atomic E-state index is -3.26. The average molecular weight is 479 g/mol. The van der Waals surface area contributed by atoms with E-state index in [2.05, 4.69) is 5.32 Å². The molecule has 0 fully saturated rings. The molecule has 178 valence electrons. The molecule has 2 amide bonds. The van der Waals surface area contributed by atoms with E-state index in [1.54, 1.807) is 55.3 Å². The van der Waals surface area contributed by atoms with E-state index in [0.29, 0.717) is 16.8 Å². The minimum absolute atomic E-state index is 0.0337. The van der Waals surface area contributed by atoms with Crippen molar-refractivity contribution in [2.45, 2.75) is 38.1 Å². The fourth-order valence-corrected chi connectivity index (χ4v) is 4.40. The fourth-order valence-electron chi connectivity index (χ4n) is 3.52. The molecule has 0 unspecified atom stereocenters. The molecule has 0 heterocycles. The highest BCUT2D eigenvalue weighted by atomic mass is 32.2. The van der Waals surface area contributed by atoms with E-state index in [0.717, 1.165) is 5.56 Å². The molecule has 0 radical (unpaired) electrons. The maximum absolute atomic E-state index is 12.9. The average Bonchev–Trinajstić information content (AvgIpc) is 2.84. The van der Waals surface area contributed by atoms with Crippen molar-refractivity contribution in [3.8, 4) is 0 Å². The number of benzene rings is 3. The van der Waals surface area contributed by atoms with Crippen molar-refractivity contribution < 1.29 is 18.0 Å². The summed E-state index contributed by atoms with van der Waals surface area (Å²) in [5.74, 6) is -0.297. The molecule has 0 aromatic heterocycles. The second-order valence-corrected chi connectivity index (χ2v) is 10.6. The van der Waals surface area contributed by atoms with E-state index >= 15 is 0 Å². The van der Waals surface area contributed by atoms with Gasteiger partial charge in [0.25, 0.3) is 5.91 Å². The zero-order chi connectivity index (χ0) is 24.9. The molecule has 0 saturated heterocycles. The molecule has 0 bridgehead atoms. The first-order chi connectivity index (χ1) is 16.1. The van der Waals surface area contributed by atoms with Gasteiger partial charge in [-0.3, -0.25) is 9.59 Å².